The summed E-state index contributed by atoms with van der Waals surface area (Å²) < 4.78 is 15.2. The van der Waals surface area contributed by atoms with Gasteiger partial charge in [-0.15, -0.1) is 0 Å². The van der Waals surface area contributed by atoms with Gasteiger partial charge in [0, 0.05) is 0 Å². The highest BCUT2D eigenvalue weighted by molar-refractivity contribution is 5.54. The van der Waals surface area contributed by atoms with Crippen LogP contribution in [0.5, 0.6) is 34.5 Å². The molecule has 3 N–H and O–H groups in total. The fourth-order valence-electron chi connectivity index (χ4n) is 2.44. The third kappa shape index (κ3) is 3.53. The Morgan fingerprint density at radius 3 is 1.52 bits per heavy atom. The van der Waals surface area contributed by atoms with E-state index in [1.165, 1.54) is 21.3 Å². The summed E-state index contributed by atoms with van der Waals surface area (Å²) in [5.41, 5.74) is 1.59. The maximum Gasteiger partial charge on any atom is 0.203 e. The van der Waals surface area contributed by atoms with Gasteiger partial charge in [0.15, 0.2) is 23.0 Å². The van der Waals surface area contributed by atoms with E-state index in [9.17, 15) is 15.3 Å². The summed E-state index contributed by atoms with van der Waals surface area (Å²) >= 11 is 0. The lowest BCUT2D eigenvalue weighted by Gasteiger charge is -2.12. The maximum absolute atomic E-state index is 9.96. The van der Waals surface area contributed by atoms with Crippen LogP contribution in [0.3, 0.4) is 0 Å². The van der Waals surface area contributed by atoms with Crippen molar-refractivity contribution >= 4 is 0 Å². The van der Waals surface area contributed by atoms with Crippen LogP contribution in [0.2, 0.25) is 0 Å². The second kappa shape index (κ2) is 7.00. The number of aromatic hydroxyl groups is 3. The largest absolute Gasteiger partial charge is 0.504 e. The summed E-state index contributed by atoms with van der Waals surface area (Å²) in [6, 6.07) is 6.46. The quantitative estimate of drug-likeness (QED) is 0.758. The molecule has 2 rings (SSSR count). The first-order valence-electron chi connectivity index (χ1n) is 7.02. The monoisotopic (exact) mass is 320 g/mol. The van der Waals surface area contributed by atoms with Crippen molar-refractivity contribution in [2.75, 3.05) is 21.3 Å². The van der Waals surface area contributed by atoms with Crippen LogP contribution in [0.1, 0.15) is 11.1 Å². The molecular formula is C17H20O6. The predicted molar refractivity (Wildman–Crippen MR) is 84.9 cm³/mol. The van der Waals surface area contributed by atoms with Gasteiger partial charge in [-0.3, -0.25) is 0 Å². The standard InChI is InChI=1S/C17H20O6/c1-21-15-9-11(8-14(20)17(15)23-3)5-4-10-6-12(18)16(22-2)13(19)7-10/h6-9,18-20H,4-5H2,1-3H3. The minimum Gasteiger partial charge on any atom is -0.504 e. The lowest BCUT2D eigenvalue weighted by Crippen LogP contribution is -1.96. The Labute approximate surface area is 134 Å². The first-order valence-corrected chi connectivity index (χ1v) is 7.02. The molecule has 0 heterocycles. The van der Waals surface area contributed by atoms with Gasteiger partial charge in [0.1, 0.15) is 0 Å². The van der Waals surface area contributed by atoms with Gasteiger partial charge in [-0.05, 0) is 48.2 Å². The second-order valence-electron chi connectivity index (χ2n) is 5.02. The third-order valence-corrected chi connectivity index (χ3v) is 3.54. The normalized spacial score (nSPS) is 10.4. The summed E-state index contributed by atoms with van der Waals surface area (Å²) in [4.78, 5) is 0. The van der Waals surface area contributed by atoms with Crippen molar-refractivity contribution in [1.82, 2.24) is 0 Å². The molecule has 0 amide bonds. The van der Waals surface area contributed by atoms with Crippen LogP contribution >= 0.6 is 0 Å². The van der Waals surface area contributed by atoms with Crippen molar-refractivity contribution < 1.29 is 29.5 Å². The topological polar surface area (TPSA) is 88.4 Å². The number of phenols is 3. The number of hydrogen-bond acceptors (Lipinski definition) is 6. The van der Waals surface area contributed by atoms with Crippen LogP contribution in [0, 0.1) is 0 Å². The van der Waals surface area contributed by atoms with Gasteiger partial charge in [0.2, 0.25) is 11.5 Å². The average molecular weight is 320 g/mol. The van der Waals surface area contributed by atoms with Crippen LogP contribution in [0.25, 0.3) is 0 Å². The maximum atomic E-state index is 9.96. The molecule has 0 aromatic heterocycles. The van der Waals surface area contributed by atoms with E-state index in [-0.39, 0.29) is 28.7 Å². The molecule has 0 aliphatic rings. The van der Waals surface area contributed by atoms with Crippen molar-refractivity contribution in [3.05, 3.63) is 35.4 Å². The van der Waals surface area contributed by atoms with Gasteiger partial charge in [-0.1, -0.05) is 0 Å². The molecule has 0 fully saturated rings. The van der Waals surface area contributed by atoms with E-state index < -0.39 is 0 Å². The third-order valence-electron chi connectivity index (χ3n) is 3.54. The lowest BCUT2D eigenvalue weighted by molar-refractivity contribution is 0.332. The van der Waals surface area contributed by atoms with Crippen molar-refractivity contribution in [3.8, 4) is 34.5 Å². The van der Waals surface area contributed by atoms with Crippen LogP contribution in [0.4, 0.5) is 0 Å². The zero-order valence-corrected chi connectivity index (χ0v) is 13.3. The van der Waals surface area contributed by atoms with Crippen LogP contribution in [-0.4, -0.2) is 36.6 Å². The fourth-order valence-corrected chi connectivity index (χ4v) is 2.44. The summed E-state index contributed by atoms with van der Waals surface area (Å²) in [6.07, 6.45) is 1.14. The first-order chi connectivity index (χ1) is 11.0. The van der Waals surface area contributed by atoms with Crippen LogP contribution < -0.4 is 14.2 Å². The number of hydrogen-bond donors (Lipinski definition) is 3. The molecule has 0 saturated carbocycles. The number of methoxy groups -OCH3 is 3. The Kier molecular flexibility index (Phi) is 5.05. The summed E-state index contributed by atoms with van der Waals surface area (Å²) in [6.45, 7) is 0. The Morgan fingerprint density at radius 1 is 0.652 bits per heavy atom. The van der Waals surface area contributed by atoms with E-state index in [0.717, 1.165) is 11.1 Å². The number of rotatable bonds is 6. The number of benzene rings is 2. The van der Waals surface area contributed by atoms with Gasteiger partial charge < -0.3 is 29.5 Å². The minimum absolute atomic E-state index is 0.00211. The first kappa shape index (κ1) is 16.6. The van der Waals surface area contributed by atoms with Crippen molar-refractivity contribution in [3.63, 3.8) is 0 Å². The molecule has 23 heavy (non-hydrogen) atoms. The van der Waals surface area contributed by atoms with E-state index in [0.29, 0.717) is 18.6 Å². The van der Waals surface area contributed by atoms with Crippen molar-refractivity contribution in [1.29, 1.82) is 0 Å². The Hall–Kier alpha value is -2.76. The molecule has 124 valence electrons. The Balaban J connectivity index is 2.20. The zero-order valence-electron chi connectivity index (χ0n) is 13.3. The molecule has 0 radical (unpaired) electrons. The molecule has 0 aliphatic carbocycles. The van der Waals surface area contributed by atoms with Crippen molar-refractivity contribution in [2.45, 2.75) is 12.8 Å². The Bertz CT molecular complexity index is 673. The highest BCUT2D eigenvalue weighted by Gasteiger charge is 2.13. The number of ether oxygens (including phenoxy) is 3. The van der Waals surface area contributed by atoms with Crippen molar-refractivity contribution in [2.24, 2.45) is 0 Å². The fraction of sp³-hybridized carbons (Fsp3) is 0.294. The molecule has 0 atom stereocenters. The molecule has 2 aromatic carbocycles. The SMILES string of the molecule is COc1cc(CCc2cc(O)c(OC)c(O)c2)cc(O)c1OC. The molecular weight excluding hydrogens is 300 g/mol. The molecule has 0 unspecified atom stereocenters. The summed E-state index contributed by atoms with van der Waals surface area (Å²) in [7, 11) is 4.33. The highest BCUT2D eigenvalue weighted by atomic mass is 16.5. The predicted octanol–water partition coefficient (Wildman–Crippen LogP) is 2.61. The molecule has 6 heteroatoms. The van der Waals surface area contributed by atoms with Gasteiger partial charge in [-0.2, -0.15) is 0 Å². The lowest BCUT2D eigenvalue weighted by atomic mass is 10.0. The van der Waals surface area contributed by atoms with E-state index in [4.69, 9.17) is 14.2 Å². The molecule has 0 aliphatic heterocycles. The average Bonchev–Trinajstić information content (AvgIpc) is 2.52. The van der Waals surface area contributed by atoms with Crippen LogP contribution in [0.15, 0.2) is 24.3 Å². The molecule has 0 saturated heterocycles. The highest BCUT2D eigenvalue weighted by Crippen LogP contribution is 2.39. The molecule has 6 nitrogen and oxygen atoms in total. The number of phenolic OH excluding ortho intramolecular Hbond substituents is 3. The molecule has 0 spiro atoms. The smallest absolute Gasteiger partial charge is 0.203 e. The van der Waals surface area contributed by atoms with E-state index in [1.807, 2.05) is 0 Å². The molecule has 2 aromatic rings. The second-order valence-corrected chi connectivity index (χ2v) is 5.02. The van der Waals surface area contributed by atoms with E-state index in [2.05, 4.69) is 0 Å². The van der Waals surface area contributed by atoms with Gasteiger partial charge >= 0.3 is 0 Å². The Morgan fingerprint density at radius 2 is 1.09 bits per heavy atom. The summed E-state index contributed by atoms with van der Waals surface area (Å²) in [5.74, 6) is 0.564. The zero-order chi connectivity index (χ0) is 17.0. The minimum atomic E-state index is -0.113. The number of aryl methyl sites for hydroxylation is 2. The van der Waals surface area contributed by atoms with E-state index in [1.54, 1.807) is 24.3 Å². The van der Waals surface area contributed by atoms with E-state index >= 15 is 0 Å². The van der Waals surface area contributed by atoms with Crippen LogP contribution in [-0.2, 0) is 12.8 Å². The van der Waals surface area contributed by atoms with Gasteiger partial charge in [0.05, 0.1) is 21.3 Å². The van der Waals surface area contributed by atoms with Gasteiger partial charge in [0.25, 0.3) is 0 Å². The summed E-state index contributed by atoms with van der Waals surface area (Å²) in [5, 5.41) is 29.6. The van der Waals surface area contributed by atoms with Gasteiger partial charge in [-0.25, -0.2) is 0 Å². The molecule has 0 bridgehead atoms.